The molecule has 2 aromatic rings. The van der Waals surface area contributed by atoms with E-state index in [2.05, 4.69) is 10.1 Å². The maximum atomic E-state index is 13.0. The number of carbonyl (C=O) groups excluding carboxylic acids is 1. The van der Waals surface area contributed by atoms with Crippen LogP contribution in [0.1, 0.15) is 5.56 Å². The standard InChI is InChI=1S/C17H13ClF3NO3/c1-24-14-4-2-3-10(16(14)25-17(20)21)5-8-15(23)22-13-7-6-11(19)9-12(13)18/h2-9,17H,1H3,(H,22,23)/b8-5+. The van der Waals surface area contributed by atoms with Gasteiger partial charge in [0.2, 0.25) is 5.91 Å². The van der Waals surface area contributed by atoms with Crippen LogP contribution in [0.2, 0.25) is 5.02 Å². The fourth-order valence-corrected chi connectivity index (χ4v) is 2.19. The highest BCUT2D eigenvalue weighted by atomic mass is 35.5. The number of methoxy groups -OCH3 is 1. The lowest BCUT2D eigenvalue weighted by Crippen LogP contribution is -2.08. The van der Waals surface area contributed by atoms with Gasteiger partial charge in [-0.25, -0.2) is 4.39 Å². The molecule has 0 heterocycles. The molecule has 0 fully saturated rings. The number of rotatable bonds is 6. The Kier molecular flexibility index (Phi) is 6.30. The van der Waals surface area contributed by atoms with E-state index in [4.69, 9.17) is 16.3 Å². The maximum Gasteiger partial charge on any atom is 0.387 e. The summed E-state index contributed by atoms with van der Waals surface area (Å²) in [6.45, 7) is -3.05. The van der Waals surface area contributed by atoms with Crippen LogP contribution in [0.4, 0.5) is 18.9 Å². The molecule has 0 atom stereocenters. The molecule has 0 aliphatic heterocycles. The zero-order valence-corrected chi connectivity index (χ0v) is 13.7. The Bertz CT molecular complexity index is 797. The third-order valence-corrected chi connectivity index (χ3v) is 3.35. The molecule has 4 nitrogen and oxygen atoms in total. The van der Waals surface area contributed by atoms with E-state index in [1.807, 2.05) is 0 Å². The average Bonchev–Trinajstić information content (AvgIpc) is 2.56. The number of halogens is 4. The second-order valence-corrected chi connectivity index (χ2v) is 5.11. The van der Waals surface area contributed by atoms with Gasteiger partial charge in [-0.15, -0.1) is 0 Å². The van der Waals surface area contributed by atoms with Gasteiger partial charge in [0.1, 0.15) is 5.82 Å². The molecule has 0 bridgehead atoms. The molecule has 0 unspecified atom stereocenters. The molecule has 2 rings (SSSR count). The second kappa shape index (κ2) is 8.43. The fourth-order valence-electron chi connectivity index (χ4n) is 1.97. The minimum atomic E-state index is -3.05. The minimum Gasteiger partial charge on any atom is -0.493 e. The van der Waals surface area contributed by atoms with Gasteiger partial charge in [0.25, 0.3) is 0 Å². The van der Waals surface area contributed by atoms with Gasteiger partial charge in [0, 0.05) is 11.6 Å². The van der Waals surface area contributed by atoms with Crippen LogP contribution in [-0.2, 0) is 4.79 Å². The molecule has 0 spiro atoms. The summed E-state index contributed by atoms with van der Waals surface area (Å²) in [4.78, 5) is 11.9. The summed E-state index contributed by atoms with van der Waals surface area (Å²) in [5.74, 6) is -1.21. The quantitative estimate of drug-likeness (QED) is 0.746. The monoisotopic (exact) mass is 371 g/mol. The normalized spacial score (nSPS) is 11.0. The Hall–Kier alpha value is -2.67. The van der Waals surface area contributed by atoms with E-state index in [0.29, 0.717) is 0 Å². The van der Waals surface area contributed by atoms with Gasteiger partial charge in [-0.1, -0.05) is 23.7 Å². The number of benzene rings is 2. The third kappa shape index (κ3) is 5.15. The number of carbonyl (C=O) groups is 1. The molecule has 25 heavy (non-hydrogen) atoms. The van der Waals surface area contributed by atoms with Crippen molar-refractivity contribution >= 4 is 29.3 Å². The van der Waals surface area contributed by atoms with Crippen molar-refractivity contribution in [1.29, 1.82) is 0 Å². The Morgan fingerprint density at radius 2 is 2.04 bits per heavy atom. The van der Waals surface area contributed by atoms with Crippen LogP contribution in [0, 0.1) is 5.82 Å². The minimum absolute atomic E-state index is 0.0323. The molecule has 8 heteroatoms. The summed E-state index contributed by atoms with van der Waals surface area (Å²) in [6, 6.07) is 7.99. The smallest absolute Gasteiger partial charge is 0.387 e. The van der Waals surface area contributed by atoms with Gasteiger partial charge >= 0.3 is 6.61 Å². The van der Waals surface area contributed by atoms with Crippen molar-refractivity contribution in [1.82, 2.24) is 0 Å². The van der Waals surface area contributed by atoms with Gasteiger partial charge < -0.3 is 14.8 Å². The van der Waals surface area contributed by atoms with Crippen molar-refractivity contribution in [2.75, 3.05) is 12.4 Å². The van der Waals surface area contributed by atoms with E-state index in [1.54, 1.807) is 6.07 Å². The third-order valence-electron chi connectivity index (χ3n) is 3.04. The van der Waals surface area contributed by atoms with Gasteiger partial charge in [-0.2, -0.15) is 8.78 Å². The maximum absolute atomic E-state index is 13.0. The van der Waals surface area contributed by atoms with Crippen LogP contribution in [0.3, 0.4) is 0 Å². The van der Waals surface area contributed by atoms with Crippen LogP contribution >= 0.6 is 11.6 Å². The summed E-state index contributed by atoms with van der Waals surface area (Å²) >= 11 is 5.81. The first-order valence-corrected chi connectivity index (χ1v) is 7.34. The Balaban J connectivity index is 2.19. The number of para-hydroxylation sites is 1. The first-order chi connectivity index (χ1) is 11.9. The molecule has 0 aliphatic rings. The zero-order valence-electron chi connectivity index (χ0n) is 12.9. The summed E-state index contributed by atoms with van der Waals surface area (Å²) in [6.07, 6.45) is 2.39. The SMILES string of the molecule is COc1cccc(/C=C/C(=O)Nc2ccc(F)cc2Cl)c1OC(F)F. The van der Waals surface area contributed by atoms with Gasteiger partial charge in [-0.05, 0) is 30.3 Å². The van der Waals surface area contributed by atoms with E-state index in [-0.39, 0.29) is 27.8 Å². The molecule has 0 radical (unpaired) electrons. The molecule has 0 saturated carbocycles. The van der Waals surface area contributed by atoms with E-state index < -0.39 is 18.3 Å². The molecule has 0 saturated heterocycles. The van der Waals surface area contributed by atoms with Crippen molar-refractivity contribution in [3.8, 4) is 11.5 Å². The summed E-state index contributed by atoms with van der Waals surface area (Å²) in [5, 5.41) is 2.48. The van der Waals surface area contributed by atoms with Crippen LogP contribution in [0.15, 0.2) is 42.5 Å². The van der Waals surface area contributed by atoms with Crippen LogP contribution in [0.5, 0.6) is 11.5 Å². The molecule has 132 valence electrons. The molecular weight excluding hydrogens is 359 g/mol. The first kappa shape index (κ1) is 18.7. The predicted octanol–water partition coefficient (Wildman–Crippen LogP) is 4.74. The highest BCUT2D eigenvalue weighted by molar-refractivity contribution is 6.33. The van der Waals surface area contributed by atoms with Crippen LogP contribution in [0.25, 0.3) is 6.08 Å². The second-order valence-electron chi connectivity index (χ2n) is 4.70. The van der Waals surface area contributed by atoms with Crippen LogP contribution in [-0.4, -0.2) is 19.6 Å². The number of amides is 1. The fraction of sp³-hybridized carbons (Fsp3) is 0.118. The van der Waals surface area contributed by atoms with E-state index in [9.17, 15) is 18.0 Å². The topological polar surface area (TPSA) is 47.6 Å². The van der Waals surface area contributed by atoms with Gasteiger partial charge in [0.05, 0.1) is 17.8 Å². The van der Waals surface area contributed by atoms with Gasteiger partial charge in [0.15, 0.2) is 11.5 Å². The van der Waals surface area contributed by atoms with Crippen molar-refractivity contribution < 1.29 is 27.4 Å². The van der Waals surface area contributed by atoms with Gasteiger partial charge in [-0.3, -0.25) is 4.79 Å². The number of anilines is 1. The highest BCUT2D eigenvalue weighted by Gasteiger charge is 2.14. The summed E-state index contributed by atoms with van der Waals surface area (Å²) < 4.78 is 47.5. The number of hydrogen-bond acceptors (Lipinski definition) is 3. The number of hydrogen-bond donors (Lipinski definition) is 1. The molecule has 0 aromatic heterocycles. The van der Waals surface area contributed by atoms with Crippen LogP contribution < -0.4 is 14.8 Å². The number of alkyl halides is 2. The highest BCUT2D eigenvalue weighted by Crippen LogP contribution is 2.33. The molecule has 1 N–H and O–H groups in total. The number of nitrogens with one attached hydrogen (secondary N) is 1. The zero-order chi connectivity index (χ0) is 18.4. The van der Waals surface area contributed by atoms with Crippen molar-refractivity contribution in [2.45, 2.75) is 6.61 Å². The van der Waals surface area contributed by atoms with Crippen molar-refractivity contribution in [3.05, 3.63) is 58.9 Å². The molecule has 2 aromatic carbocycles. The van der Waals surface area contributed by atoms with E-state index in [0.717, 1.165) is 18.2 Å². The first-order valence-electron chi connectivity index (χ1n) is 6.96. The Morgan fingerprint density at radius 3 is 2.68 bits per heavy atom. The lowest BCUT2D eigenvalue weighted by Gasteiger charge is -2.12. The Labute approximate surface area is 146 Å². The van der Waals surface area contributed by atoms with Crippen molar-refractivity contribution in [2.24, 2.45) is 0 Å². The average molecular weight is 372 g/mol. The number of ether oxygens (including phenoxy) is 2. The predicted molar refractivity (Wildman–Crippen MR) is 88.7 cm³/mol. The summed E-state index contributed by atoms with van der Waals surface area (Å²) in [7, 11) is 1.31. The van der Waals surface area contributed by atoms with E-state index >= 15 is 0 Å². The molecule has 0 aliphatic carbocycles. The lowest BCUT2D eigenvalue weighted by atomic mass is 10.1. The van der Waals surface area contributed by atoms with E-state index in [1.165, 1.54) is 31.4 Å². The molecular formula is C17H13ClF3NO3. The largest absolute Gasteiger partial charge is 0.493 e. The molecule has 1 amide bonds. The summed E-state index contributed by atoms with van der Waals surface area (Å²) in [5.41, 5.74) is 0.437. The van der Waals surface area contributed by atoms with Crippen molar-refractivity contribution in [3.63, 3.8) is 0 Å². The lowest BCUT2D eigenvalue weighted by molar-refractivity contribution is -0.111. The Morgan fingerprint density at radius 1 is 1.28 bits per heavy atom.